The van der Waals surface area contributed by atoms with E-state index in [0.717, 1.165) is 6.54 Å². The van der Waals surface area contributed by atoms with Gasteiger partial charge in [0.2, 0.25) is 0 Å². The summed E-state index contributed by atoms with van der Waals surface area (Å²) in [5.41, 5.74) is 1.91. The van der Waals surface area contributed by atoms with E-state index in [1.54, 1.807) is 12.1 Å². The van der Waals surface area contributed by atoms with Crippen molar-refractivity contribution in [3.05, 3.63) is 66.2 Å². The predicted molar refractivity (Wildman–Crippen MR) is 87.7 cm³/mol. The molecular formula is C18H21ClN2O3. The number of quaternary nitrogens is 1. The normalized spacial score (nSPS) is 9.71. The summed E-state index contributed by atoms with van der Waals surface area (Å²) in [6.45, 7) is 1.95. The van der Waals surface area contributed by atoms with Crippen LogP contribution in [0, 0.1) is 0 Å². The van der Waals surface area contributed by atoms with E-state index in [1.165, 1.54) is 17.6 Å². The summed E-state index contributed by atoms with van der Waals surface area (Å²) < 4.78 is 4.55. The largest absolute Gasteiger partial charge is 1.00 e. The first-order valence-electron chi connectivity index (χ1n) is 7.53. The predicted octanol–water partition coefficient (Wildman–Crippen LogP) is -2.04. The Hall–Kier alpha value is -2.37. The molecule has 1 amide bonds. The van der Waals surface area contributed by atoms with Crippen LogP contribution in [0.1, 0.15) is 5.56 Å². The van der Waals surface area contributed by atoms with Crippen LogP contribution >= 0.6 is 0 Å². The molecule has 0 bridgehead atoms. The van der Waals surface area contributed by atoms with E-state index in [4.69, 9.17) is 0 Å². The van der Waals surface area contributed by atoms with Crippen molar-refractivity contribution in [1.82, 2.24) is 0 Å². The third-order valence-electron chi connectivity index (χ3n) is 3.45. The van der Waals surface area contributed by atoms with Gasteiger partial charge in [-0.05, 0) is 12.1 Å². The van der Waals surface area contributed by atoms with E-state index in [1.807, 2.05) is 36.4 Å². The number of para-hydroxylation sites is 1. The number of carbonyl (C=O) groups excluding carboxylic acids is 2. The lowest BCUT2D eigenvalue weighted by atomic mass is 10.2. The fourth-order valence-corrected chi connectivity index (χ4v) is 2.26. The summed E-state index contributed by atoms with van der Waals surface area (Å²) in [6.07, 6.45) is 0. The number of carbonyl (C=O) groups is 2. The lowest BCUT2D eigenvalue weighted by Crippen LogP contribution is -3.00. The molecule has 0 spiro atoms. The topological polar surface area (TPSA) is 63.2 Å². The summed E-state index contributed by atoms with van der Waals surface area (Å²) in [5, 5.41) is 2.11. The highest BCUT2D eigenvalue weighted by Gasteiger charge is 2.24. The van der Waals surface area contributed by atoms with Gasteiger partial charge >= 0.3 is 11.9 Å². The monoisotopic (exact) mass is 348 g/mol. The highest BCUT2D eigenvalue weighted by molar-refractivity contribution is 6.38. The van der Waals surface area contributed by atoms with Crippen molar-refractivity contribution >= 4 is 17.6 Å². The van der Waals surface area contributed by atoms with Crippen molar-refractivity contribution in [3.63, 3.8) is 0 Å². The second-order valence-electron chi connectivity index (χ2n) is 5.05. The molecule has 0 atom stereocenters. The molecule has 2 aromatic carbocycles. The van der Waals surface area contributed by atoms with Crippen molar-refractivity contribution < 1.29 is 32.0 Å². The van der Waals surface area contributed by atoms with Crippen LogP contribution in [0.25, 0.3) is 0 Å². The van der Waals surface area contributed by atoms with Gasteiger partial charge in [0.15, 0.2) is 0 Å². The Balaban J connectivity index is 0.00000288. The van der Waals surface area contributed by atoms with Crippen LogP contribution in [0.5, 0.6) is 0 Å². The number of benzene rings is 2. The molecular weight excluding hydrogens is 328 g/mol. The van der Waals surface area contributed by atoms with Crippen LogP contribution in [0.3, 0.4) is 0 Å². The number of rotatable bonds is 6. The number of hydrogen-bond acceptors (Lipinski definition) is 3. The maximum absolute atomic E-state index is 12.2. The van der Waals surface area contributed by atoms with Crippen LogP contribution in [-0.4, -0.2) is 32.1 Å². The van der Waals surface area contributed by atoms with Crippen LogP contribution in [0.4, 0.5) is 5.69 Å². The van der Waals surface area contributed by atoms with E-state index >= 15 is 0 Å². The molecule has 2 aromatic rings. The molecule has 0 aromatic heterocycles. The van der Waals surface area contributed by atoms with Gasteiger partial charge in [-0.25, -0.2) is 4.79 Å². The van der Waals surface area contributed by atoms with E-state index in [2.05, 4.69) is 22.2 Å². The summed E-state index contributed by atoms with van der Waals surface area (Å²) >= 11 is 0. The van der Waals surface area contributed by atoms with E-state index in [-0.39, 0.29) is 12.4 Å². The Morgan fingerprint density at radius 3 is 2.17 bits per heavy atom. The molecule has 6 heteroatoms. The maximum Gasteiger partial charge on any atom is 0.397 e. The molecule has 0 saturated carbocycles. The van der Waals surface area contributed by atoms with Crippen molar-refractivity contribution in [1.29, 1.82) is 0 Å². The fourth-order valence-electron chi connectivity index (χ4n) is 2.26. The molecule has 0 aliphatic rings. The average Bonchev–Trinajstić information content (AvgIpc) is 2.62. The Labute approximate surface area is 148 Å². The highest BCUT2D eigenvalue weighted by Crippen LogP contribution is 2.13. The maximum atomic E-state index is 12.2. The van der Waals surface area contributed by atoms with Crippen LogP contribution < -0.4 is 22.6 Å². The van der Waals surface area contributed by atoms with Gasteiger partial charge in [-0.3, -0.25) is 9.69 Å². The second kappa shape index (κ2) is 10.4. The van der Waals surface area contributed by atoms with Gasteiger partial charge in [0.05, 0.1) is 20.2 Å². The number of nitrogens with two attached hydrogens (primary N) is 1. The molecule has 2 rings (SSSR count). The standard InChI is InChI=1S/C18H20N2O3.ClH/c1-23-18(22)17(21)20(16-10-6-3-7-11-16)13-12-19-14-15-8-4-2-5-9-15;/h2-11,19H,12-14H2,1H3;1H. The number of ether oxygens (including phenoxy) is 1. The summed E-state index contributed by atoms with van der Waals surface area (Å²) in [6, 6.07) is 19.2. The third kappa shape index (κ3) is 5.68. The van der Waals surface area contributed by atoms with E-state index < -0.39 is 11.9 Å². The number of halogens is 1. The van der Waals surface area contributed by atoms with Crippen LogP contribution in [-0.2, 0) is 20.9 Å². The number of amides is 1. The number of esters is 1. The fraction of sp³-hybridized carbons (Fsp3) is 0.222. The minimum atomic E-state index is -0.850. The van der Waals surface area contributed by atoms with E-state index in [9.17, 15) is 9.59 Å². The van der Waals surface area contributed by atoms with Crippen molar-refractivity contribution in [2.24, 2.45) is 0 Å². The van der Waals surface area contributed by atoms with Gasteiger partial charge in [0, 0.05) is 11.3 Å². The zero-order valence-electron chi connectivity index (χ0n) is 13.5. The molecule has 5 nitrogen and oxygen atoms in total. The highest BCUT2D eigenvalue weighted by atomic mass is 35.5. The second-order valence-corrected chi connectivity index (χ2v) is 5.05. The molecule has 24 heavy (non-hydrogen) atoms. The Morgan fingerprint density at radius 2 is 1.58 bits per heavy atom. The number of hydrogen-bond donors (Lipinski definition) is 1. The summed E-state index contributed by atoms with van der Waals surface area (Å²) in [4.78, 5) is 25.2. The van der Waals surface area contributed by atoms with Crippen LogP contribution in [0.15, 0.2) is 60.7 Å². The quantitative estimate of drug-likeness (QED) is 0.372. The number of nitrogens with zero attached hydrogens (tertiary/aromatic N) is 1. The zero-order valence-corrected chi connectivity index (χ0v) is 14.3. The van der Waals surface area contributed by atoms with Crippen molar-refractivity contribution in [3.8, 4) is 0 Å². The average molecular weight is 349 g/mol. The number of methoxy groups -OCH3 is 1. The third-order valence-corrected chi connectivity index (χ3v) is 3.45. The molecule has 0 heterocycles. The molecule has 0 aliphatic carbocycles. The first kappa shape index (κ1) is 19.7. The molecule has 128 valence electrons. The zero-order chi connectivity index (χ0) is 16.5. The Morgan fingerprint density at radius 1 is 1.00 bits per heavy atom. The molecule has 2 N–H and O–H groups in total. The lowest BCUT2D eigenvalue weighted by Gasteiger charge is -2.20. The minimum Gasteiger partial charge on any atom is -1.00 e. The summed E-state index contributed by atoms with van der Waals surface area (Å²) in [7, 11) is 1.21. The molecule has 0 saturated heterocycles. The first-order chi connectivity index (χ1) is 11.2. The minimum absolute atomic E-state index is 0. The van der Waals surface area contributed by atoms with Gasteiger partial charge in [0.1, 0.15) is 6.54 Å². The molecule has 0 fully saturated rings. The van der Waals surface area contributed by atoms with Gasteiger partial charge in [-0.1, -0.05) is 48.5 Å². The van der Waals surface area contributed by atoms with E-state index in [0.29, 0.717) is 18.8 Å². The molecule has 0 aliphatic heterocycles. The molecule has 0 radical (unpaired) electrons. The number of anilines is 1. The SMILES string of the molecule is COC(=O)C(=O)N(CC[NH2+]Cc1ccccc1)c1ccccc1.[Cl-]. The lowest BCUT2D eigenvalue weighted by molar-refractivity contribution is -0.668. The van der Waals surface area contributed by atoms with Crippen LogP contribution in [0.2, 0.25) is 0 Å². The smallest absolute Gasteiger partial charge is 0.397 e. The Kier molecular flexibility index (Phi) is 8.54. The summed E-state index contributed by atoms with van der Waals surface area (Å²) in [5.74, 6) is -1.50. The van der Waals surface area contributed by atoms with Gasteiger partial charge in [-0.15, -0.1) is 0 Å². The van der Waals surface area contributed by atoms with Gasteiger partial charge in [0.25, 0.3) is 0 Å². The van der Waals surface area contributed by atoms with Crippen molar-refractivity contribution in [2.45, 2.75) is 6.54 Å². The van der Waals surface area contributed by atoms with Crippen molar-refractivity contribution in [2.75, 3.05) is 25.1 Å². The van der Waals surface area contributed by atoms with Gasteiger partial charge < -0.3 is 22.5 Å². The first-order valence-corrected chi connectivity index (χ1v) is 7.53. The molecule has 0 unspecified atom stereocenters. The van der Waals surface area contributed by atoms with Gasteiger partial charge in [-0.2, -0.15) is 0 Å². The Bertz CT molecular complexity index is 635.